The average molecular weight is 482 g/mol. The molecular formula is C29H31N5O2. The number of benzene rings is 2. The number of carbonyl (C=O) groups is 2. The highest BCUT2D eigenvalue weighted by atomic mass is 16.2. The molecule has 2 aromatic carbocycles. The van der Waals surface area contributed by atoms with Crippen molar-refractivity contribution < 1.29 is 9.59 Å². The normalized spacial score (nSPS) is 14.1. The molecule has 1 N–H and O–H groups in total. The number of anilines is 1. The Kier molecular flexibility index (Phi) is 6.46. The van der Waals surface area contributed by atoms with Crippen molar-refractivity contribution in [3.8, 4) is 11.5 Å². The van der Waals surface area contributed by atoms with Crippen molar-refractivity contribution in [3.05, 3.63) is 95.4 Å². The van der Waals surface area contributed by atoms with Gasteiger partial charge in [0.15, 0.2) is 5.82 Å². The predicted molar refractivity (Wildman–Crippen MR) is 141 cm³/mol. The van der Waals surface area contributed by atoms with Crippen LogP contribution in [0.5, 0.6) is 0 Å². The van der Waals surface area contributed by atoms with Crippen LogP contribution in [-0.4, -0.2) is 44.2 Å². The molecule has 2 aromatic heterocycles. The third kappa shape index (κ3) is 4.56. The van der Waals surface area contributed by atoms with E-state index in [0.717, 1.165) is 22.5 Å². The number of aromatic nitrogens is 3. The van der Waals surface area contributed by atoms with E-state index in [9.17, 15) is 9.59 Å². The Labute approximate surface area is 211 Å². The SMILES string of the molecule is Cc1cc(C)c(NC(=O)C2CCN(C(=O)c3cnn(-c4ccccc4)c3-n3cccc3)CC2)c(C)c1. The Bertz CT molecular complexity index is 1360. The molecule has 3 heterocycles. The fourth-order valence-electron chi connectivity index (χ4n) is 5.09. The summed E-state index contributed by atoms with van der Waals surface area (Å²) in [5, 5.41) is 7.70. The second-order valence-electron chi connectivity index (χ2n) is 9.55. The topological polar surface area (TPSA) is 72.2 Å². The number of nitrogens with zero attached hydrogens (tertiary/aromatic N) is 4. The van der Waals surface area contributed by atoms with Crippen molar-refractivity contribution in [2.75, 3.05) is 18.4 Å². The Hall–Kier alpha value is -4.13. The van der Waals surface area contributed by atoms with Crippen LogP contribution in [0.2, 0.25) is 0 Å². The van der Waals surface area contributed by atoms with Gasteiger partial charge in [-0.3, -0.25) is 9.59 Å². The second-order valence-corrected chi connectivity index (χ2v) is 9.55. The Morgan fingerprint density at radius 2 is 1.56 bits per heavy atom. The van der Waals surface area contributed by atoms with Gasteiger partial charge in [0, 0.05) is 37.1 Å². The molecule has 4 aromatic rings. The van der Waals surface area contributed by atoms with E-state index in [1.165, 1.54) is 5.56 Å². The van der Waals surface area contributed by atoms with Crippen LogP contribution in [0.3, 0.4) is 0 Å². The molecule has 1 fully saturated rings. The van der Waals surface area contributed by atoms with Crippen LogP contribution in [0, 0.1) is 26.7 Å². The maximum absolute atomic E-state index is 13.6. The fourth-order valence-corrected chi connectivity index (χ4v) is 5.09. The van der Waals surface area contributed by atoms with Crippen molar-refractivity contribution in [2.45, 2.75) is 33.6 Å². The molecule has 0 atom stereocenters. The number of rotatable bonds is 5. The number of para-hydroxylation sites is 1. The number of likely N-dealkylation sites (tertiary alicyclic amines) is 1. The smallest absolute Gasteiger partial charge is 0.259 e. The van der Waals surface area contributed by atoms with Crippen LogP contribution in [0.4, 0.5) is 5.69 Å². The van der Waals surface area contributed by atoms with Crippen LogP contribution in [0.25, 0.3) is 11.5 Å². The predicted octanol–water partition coefficient (Wildman–Crippen LogP) is 5.08. The minimum absolute atomic E-state index is 0.0297. The molecule has 0 unspecified atom stereocenters. The third-order valence-corrected chi connectivity index (χ3v) is 6.90. The molecule has 0 aliphatic carbocycles. The lowest BCUT2D eigenvalue weighted by molar-refractivity contribution is -0.121. The second kappa shape index (κ2) is 9.85. The lowest BCUT2D eigenvalue weighted by Gasteiger charge is -2.31. The summed E-state index contributed by atoms with van der Waals surface area (Å²) in [7, 11) is 0. The zero-order chi connectivity index (χ0) is 25.2. The van der Waals surface area contributed by atoms with Gasteiger partial charge >= 0.3 is 0 Å². The number of aryl methyl sites for hydroxylation is 3. The van der Waals surface area contributed by atoms with Gasteiger partial charge in [-0.1, -0.05) is 35.9 Å². The maximum Gasteiger partial charge on any atom is 0.259 e. The summed E-state index contributed by atoms with van der Waals surface area (Å²) in [5.74, 6) is 0.554. The summed E-state index contributed by atoms with van der Waals surface area (Å²) in [6.45, 7) is 7.17. The summed E-state index contributed by atoms with van der Waals surface area (Å²) in [4.78, 5) is 28.5. The van der Waals surface area contributed by atoms with Crippen LogP contribution in [0.15, 0.2) is 73.2 Å². The average Bonchev–Trinajstić information content (AvgIpc) is 3.56. The minimum atomic E-state index is -0.120. The van der Waals surface area contributed by atoms with E-state index in [-0.39, 0.29) is 17.7 Å². The Morgan fingerprint density at radius 1 is 0.917 bits per heavy atom. The molecule has 7 heteroatoms. The van der Waals surface area contributed by atoms with Crippen LogP contribution in [0.1, 0.15) is 39.9 Å². The number of carbonyl (C=O) groups excluding carboxylic acids is 2. The summed E-state index contributed by atoms with van der Waals surface area (Å²) in [5.41, 5.74) is 5.66. The van der Waals surface area contributed by atoms with Crippen molar-refractivity contribution in [2.24, 2.45) is 5.92 Å². The maximum atomic E-state index is 13.6. The summed E-state index contributed by atoms with van der Waals surface area (Å²) < 4.78 is 3.71. The Morgan fingerprint density at radius 3 is 2.19 bits per heavy atom. The van der Waals surface area contributed by atoms with Crippen molar-refractivity contribution >= 4 is 17.5 Å². The molecule has 1 saturated heterocycles. The number of hydrogen-bond donors (Lipinski definition) is 1. The summed E-state index contributed by atoms with van der Waals surface area (Å²) in [6, 6.07) is 17.8. The van der Waals surface area contributed by atoms with Crippen LogP contribution in [-0.2, 0) is 4.79 Å². The quantitative estimate of drug-likeness (QED) is 0.432. The van der Waals surface area contributed by atoms with E-state index in [0.29, 0.717) is 37.3 Å². The van der Waals surface area contributed by atoms with Crippen molar-refractivity contribution in [3.63, 3.8) is 0 Å². The molecular weight excluding hydrogens is 450 g/mol. The molecule has 0 bridgehead atoms. The van der Waals surface area contributed by atoms with Gasteiger partial charge in [-0.15, -0.1) is 0 Å². The monoisotopic (exact) mass is 481 g/mol. The Balaban J connectivity index is 1.31. The van der Waals surface area contributed by atoms with Crippen molar-refractivity contribution in [1.82, 2.24) is 19.2 Å². The standard InChI is InChI=1S/C29H31N5O2/c1-20-17-21(2)26(22(3)18-20)31-27(35)23-11-15-33(16-12-23)29(36)25-19-30-34(24-9-5-4-6-10-24)28(25)32-13-7-8-14-32/h4-10,13-14,17-19,23H,11-12,15-16H2,1-3H3,(H,31,35). The first-order valence-corrected chi connectivity index (χ1v) is 12.4. The fraction of sp³-hybridized carbons (Fsp3) is 0.276. The summed E-state index contributed by atoms with van der Waals surface area (Å²) in [6.07, 6.45) is 6.74. The number of hydrogen-bond acceptors (Lipinski definition) is 3. The first-order valence-electron chi connectivity index (χ1n) is 12.4. The van der Waals surface area contributed by atoms with Gasteiger partial charge in [-0.05, 0) is 69.0 Å². The first kappa shape index (κ1) is 23.6. The van der Waals surface area contributed by atoms with Gasteiger partial charge in [0.2, 0.25) is 5.91 Å². The van der Waals surface area contributed by atoms with E-state index in [2.05, 4.69) is 29.5 Å². The molecule has 36 heavy (non-hydrogen) atoms. The lowest BCUT2D eigenvalue weighted by atomic mass is 9.95. The molecule has 0 spiro atoms. The number of nitrogens with one attached hydrogen (secondary N) is 1. The van der Waals surface area contributed by atoms with Gasteiger partial charge in [0.25, 0.3) is 5.91 Å². The molecule has 5 rings (SSSR count). The van der Waals surface area contributed by atoms with E-state index >= 15 is 0 Å². The zero-order valence-electron chi connectivity index (χ0n) is 20.9. The highest BCUT2D eigenvalue weighted by Crippen LogP contribution is 2.27. The minimum Gasteiger partial charge on any atom is -0.338 e. The van der Waals surface area contributed by atoms with E-state index in [1.54, 1.807) is 10.9 Å². The van der Waals surface area contributed by atoms with Gasteiger partial charge in [-0.2, -0.15) is 5.10 Å². The largest absolute Gasteiger partial charge is 0.338 e. The molecule has 184 valence electrons. The lowest BCUT2D eigenvalue weighted by Crippen LogP contribution is -2.41. The first-order chi connectivity index (χ1) is 17.4. The van der Waals surface area contributed by atoms with Crippen molar-refractivity contribution in [1.29, 1.82) is 0 Å². The van der Waals surface area contributed by atoms with Crippen LogP contribution >= 0.6 is 0 Å². The van der Waals surface area contributed by atoms with Crippen LogP contribution < -0.4 is 5.32 Å². The highest BCUT2D eigenvalue weighted by Gasteiger charge is 2.31. The van der Waals surface area contributed by atoms with E-state index in [1.807, 2.05) is 78.2 Å². The number of piperidine rings is 1. The molecule has 0 radical (unpaired) electrons. The third-order valence-electron chi connectivity index (χ3n) is 6.90. The molecule has 7 nitrogen and oxygen atoms in total. The molecule has 0 saturated carbocycles. The van der Waals surface area contributed by atoms with Gasteiger partial charge in [0.05, 0.1) is 11.9 Å². The molecule has 2 amide bonds. The summed E-state index contributed by atoms with van der Waals surface area (Å²) >= 11 is 0. The van der Waals surface area contributed by atoms with Gasteiger partial charge in [0.1, 0.15) is 5.56 Å². The van der Waals surface area contributed by atoms with Gasteiger partial charge in [-0.25, -0.2) is 4.68 Å². The van der Waals surface area contributed by atoms with Gasteiger partial charge < -0.3 is 14.8 Å². The number of amides is 2. The highest BCUT2D eigenvalue weighted by molar-refractivity contribution is 5.98. The van der Waals surface area contributed by atoms with E-state index in [4.69, 9.17) is 0 Å². The molecule has 1 aliphatic rings. The molecule has 1 aliphatic heterocycles. The van der Waals surface area contributed by atoms with E-state index < -0.39 is 0 Å². The zero-order valence-corrected chi connectivity index (χ0v) is 20.9.